The van der Waals surface area contributed by atoms with Gasteiger partial charge in [-0.05, 0) is 25.7 Å². The summed E-state index contributed by atoms with van der Waals surface area (Å²) in [4.78, 5) is 0. The number of alkyl halides is 6. The molecular formula is C19H30F6O5. The van der Waals surface area contributed by atoms with Crippen LogP contribution in [0.25, 0.3) is 0 Å². The van der Waals surface area contributed by atoms with Gasteiger partial charge in [-0.1, -0.05) is 32.1 Å². The van der Waals surface area contributed by atoms with Crippen LogP contribution in [0.3, 0.4) is 0 Å². The van der Waals surface area contributed by atoms with Crippen LogP contribution < -0.4 is 0 Å². The highest BCUT2D eigenvalue weighted by atomic mass is 19.4. The predicted molar refractivity (Wildman–Crippen MR) is 93.8 cm³/mol. The fraction of sp³-hybridized carbons (Fsp3) is 1.00. The van der Waals surface area contributed by atoms with E-state index in [1.807, 2.05) is 0 Å². The van der Waals surface area contributed by atoms with Crippen molar-refractivity contribution in [2.24, 2.45) is 0 Å². The van der Waals surface area contributed by atoms with Crippen LogP contribution in [0, 0.1) is 0 Å². The van der Waals surface area contributed by atoms with Gasteiger partial charge >= 0.3 is 12.4 Å². The third-order valence-electron chi connectivity index (χ3n) is 5.42. The van der Waals surface area contributed by atoms with Crippen molar-refractivity contribution in [2.45, 2.75) is 107 Å². The van der Waals surface area contributed by atoms with E-state index in [2.05, 4.69) is 4.74 Å². The summed E-state index contributed by atoms with van der Waals surface area (Å²) in [6.45, 7) is -1.07. The first-order valence-corrected chi connectivity index (χ1v) is 10.4. The number of unbranched alkanes of at least 4 members (excludes halogenated alkanes) is 2. The molecule has 1 heterocycles. The molecule has 178 valence electrons. The Morgan fingerprint density at radius 3 is 2.07 bits per heavy atom. The van der Waals surface area contributed by atoms with Crippen molar-refractivity contribution in [1.82, 2.24) is 0 Å². The van der Waals surface area contributed by atoms with Crippen LogP contribution in [0.2, 0.25) is 0 Å². The van der Waals surface area contributed by atoms with E-state index in [9.17, 15) is 36.6 Å². The lowest BCUT2D eigenvalue weighted by atomic mass is 9.94. The van der Waals surface area contributed by atoms with Crippen LogP contribution in [0.5, 0.6) is 0 Å². The molecule has 2 aliphatic rings. The van der Waals surface area contributed by atoms with Crippen molar-refractivity contribution in [1.29, 1.82) is 0 Å². The molecule has 1 aliphatic heterocycles. The molecule has 2 fully saturated rings. The normalized spacial score (nSPS) is 31.8. The molecule has 0 aromatic heterocycles. The molecule has 0 bridgehead atoms. The lowest BCUT2D eigenvalue weighted by Gasteiger charge is -2.31. The number of hydrogen-bond acceptors (Lipinski definition) is 5. The standard InChI is InChI=1S/C19H30F6O5/c20-18(21,22)15(11-29-16-12(26)7-3-1-4-8-13(16)27)28-10-6-2-5-9-14-17(30-14)19(23,24)25/h12-17,26-27H,1-11H2. The zero-order valence-electron chi connectivity index (χ0n) is 16.6. The summed E-state index contributed by atoms with van der Waals surface area (Å²) in [7, 11) is 0. The third-order valence-corrected chi connectivity index (χ3v) is 5.42. The minimum absolute atomic E-state index is 0.202. The monoisotopic (exact) mass is 452 g/mol. The fourth-order valence-corrected chi connectivity index (χ4v) is 3.63. The summed E-state index contributed by atoms with van der Waals surface area (Å²) in [5.74, 6) is 0. The molecule has 1 saturated carbocycles. The molecule has 0 aromatic carbocycles. The van der Waals surface area contributed by atoms with Crippen molar-refractivity contribution < 1.29 is 50.8 Å². The van der Waals surface area contributed by atoms with Crippen LogP contribution in [-0.2, 0) is 14.2 Å². The minimum atomic E-state index is -4.68. The zero-order chi connectivity index (χ0) is 22.4. The Morgan fingerprint density at radius 1 is 0.900 bits per heavy atom. The average Bonchev–Trinajstić information content (AvgIpc) is 3.40. The topological polar surface area (TPSA) is 71.5 Å². The smallest absolute Gasteiger partial charge is 0.390 e. The van der Waals surface area contributed by atoms with E-state index in [1.165, 1.54) is 0 Å². The Morgan fingerprint density at radius 2 is 1.53 bits per heavy atom. The lowest BCUT2D eigenvalue weighted by Crippen LogP contribution is -2.45. The average molecular weight is 452 g/mol. The van der Waals surface area contributed by atoms with Gasteiger partial charge in [-0.25, -0.2) is 0 Å². The van der Waals surface area contributed by atoms with Gasteiger partial charge in [0.25, 0.3) is 0 Å². The second-order valence-corrected chi connectivity index (χ2v) is 7.96. The number of rotatable bonds is 10. The van der Waals surface area contributed by atoms with E-state index in [0.717, 1.165) is 6.42 Å². The Hall–Kier alpha value is -0.620. The molecule has 0 spiro atoms. The van der Waals surface area contributed by atoms with Crippen molar-refractivity contribution in [2.75, 3.05) is 13.2 Å². The maximum absolute atomic E-state index is 13.2. The van der Waals surface area contributed by atoms with Gasteiger partial charge in [0, 0.05) is 6.61 Å². The SMILES string of the molecule is OC1CCCCCC(O)C1OCC(OCCCCCC1OC1C(F)(F)F)C(F)(F)F. The highest BCUT2D eigenvalue weighted by molar-refractivity contribution is 4.90. The van der Waals surface area contributed by atoms with Crippen LogP contribution in [0.1, 0.15) is 57.8 Å². The van der Waals surface area contributed by atoms with Crippen LogP contribution in [0.4, 0.5) is 26.3 Å². The van der Waals surface area contributed by atoms with Gasteiger partial charge < -0.3 is 24.4 Å². The first kappa shape index (κ1) is 25.6. The quantitative estimate of drug-likeness (QED) is 0.299. The zero-order valence-corrected chi connectivity index (χ0v) is 16.6. The van der Waals surface area contributed by atoms with E-state index in [4.69, 9.17) is 9.47 Å². The summed E-state index contributed by atoms with van der Waals surface area (Å²) in [5.41, 5.74) is 0. The molecule has 1 aliphatic carbocycles. The van der Waals surface area contributed by atoms with E-state index >= 15 is 0 Å². The van der Waals surface area contributed by atoms with Gasteiger partial charge in [-0.3, -0.25) is 0 Å². The second kappa shape index (κ2) is 11.3. The molecule has 0 radical (unpaired) electrons. The number of halogens is 6. The van der Waals surface area contributed by atoms with Crippen molar-refractivity contribution in [3.8, 4) is 0 Å². The summed E-state index contributed by atoms with van der Waals surface area (Å²) < 4.78 is 91.2. The van der Waals surface area contributed by atoms with Gasteiger partial charge in [-0.15, -0.1) is 0 Å². The molecule has 0 aromatic rings. The first-order valence-electron chi connectivity index (χ1n) is 10.4. The summed E-state index contributed by atoms with van der Waals surface area (Å²) in [5, 5.41) is 20.1. The van der Waals surface area contributed by atoms with Crippen LogP contribution in [0.15, 0.2) is 0 Å². The minimum Gasteiger partial charge on any atom is -0.390 e. The molecule has 2 rings (SSSR count). The molecule has 5 unspecified atom stereocenters. The van der Waals surface area contributed by atoms with Crippen LogP contribution in [-0.4, -0.2) is 72.4 Å². The third kappa shape index (κ3) is 8.49. The first-order chi connectivity index (χ1) is 14.0. The van der Waals surface area contributed by atoms with Crippen molar-refractivity contribution in [3.05, 3.63) is 0 Å². The Kier molecular flexibility index (Phi) is 9.66. The highest BCUT2D eigenvalue weighted by Gasteiger charge is 2.57. The van der Waals surface area contributed by atoms with Gasteiger partial charge in [0.15, 0.2) is 12.2 Å². The highest BCUT2D eigenvalue weighted by Crippen LogP contribution is 2.40. The van der Waals surface area contributed by atoms with Crippen LogP contribution >= 0.6 is 0 Å². The molecular weight excluding hydrogens is 422 g/mol. The van der Waals surface area contributed by atoms with Gasteiger partial charge in [0.05, 0.1) is 24.9 Å². The molecule has 11 heteroatoms. The number of ether oxygens (including phenoxy) is 3. The van der Waals surface area contributed by atoms with Gasteiger partial charge in [0.2, 0.25) is 0 Å². The number of aliphatic hydroxyl groups excluding tert-OH is 2. The Bertz CT molecular complexity index is 489. The van der Waals surface area contributed by atoms with Gasteiger partial charge in [-0.2, -0.15) is 26.3 Å². The lowest BCUT2D eigenvalue weighted by molar-refractivity contribution is -0.244. The van der Waals surface area contributed by atoms with E-state index in [-0.39, 0.29) is 19.4 Å². The molecule has 0 amide bonds. The predicted octanol–water partition coefficient (Wildman–Crippen LogP) is 3.90. The van der Waals surface area contributed by atoms with E-state index in [1.54, 1.807) is 0 Å². The summed E-state index contributed by atoms with van der Waals surface area (Å²) >= 11 is 0. The molecule has 30 heavy (non-hydrogen) atoms. The Balaban J connectivity index is 1.67. The number of aliphatic hydroxyl groups is 2. The van der Waals surface area contributed by atoms with Gasteiger partial charge in [0.1, 0.15) is 6.10 Å². The maximum atomic E-state index is 13.2. The fourth-order valence-electron chi connectivity index (χ4n) is 3.63. The number of epoxide rings is 1. The maximum Gasteiger partial charge on any atom is 0.417 e. The van der Waals surface area contributed by atoms with Crippen molar-refractivity contribution >= 4 is 0 Å². The Labute approximate surface area is 171 Å². The number of hydrogen-bond donors (Lipinski definition) is 2. The van der Waals surface area contributed by atoms with Crippen molar-refractivity contribution in [3.63, 3.8) is 0 Å². The molecule has 5 nitrogen and oxygen atoms in total. The van der Waals surface area contributed by atoms with E-state index < -0.39 is 55.6 Å². The molecule has 1 saturated heterocycles. The summed E-state index contributed by atoms with van der Waals surface area (Å²) in [6, 6.07) is 0. The summed E-state index contributed by atoms with van der Waals surface area (Å²) in [6.07, 6.45) is -12.8. The van der Waals surface area contributed by atoms with E-state index in [0.29, 0.717) is 38.5 Å². The molecule has 5 atom stereocenters. The second-order valence-electron chi connectivity index (χ2n) is 7.96. The largest absolute Gasteiger partial charge is 0.417 e. The molecule has 2 N–H and O–H groups in total.